The molecule has 2 fully saturated rings. The number of thioether (sulfide) groups is 1. The van der Waals surface area contributed by atoms with Gasteiger partial charge >= 0.3 is 12.2 Å². The SMILES string of the molecule is Cc1cccc(N2C(=O)C3CSC(c4ccc(C(F)(F)F)cc4)N3C2=O)c1. The number of alkyl halides is 3. The first-order chi connectivity index (χ1) is 12.8. The van der Waals surface area contributed by atoms with E-state index in [-0.39, 0.29) is 5.91 Å². The topological polar surface area (TPSA) is 40.6 Å². The summed E-state index contributed by atoms with van der Waals surface area (Å²) in [5.74, 6) is 0.117. The van der Waals surface area contributed by atoms with E-state index in [0.29, 0.717) is 17.0 Å². The van der Waals surface area contributed by atoms with E-state index in [0.717, 1.165) is 22.6 Å². The van der Waals surface area contributed by atoms with Crippen LogP contribution in [0.3, 0.4) is 0 Å². The normalized spacial score (nSPS) is 22.5. The number of nitrogens with zero attached hydrogens (tertiary/aromatic N) is 2. The molecule has 4 rings (SSSR count). The maximum Gasteiger partial charge on any atom is 0.416 e. The van der Waals surface area contributed by atoms with Crippen LogP contribution in [-0.2, 0) is 11.0 Å². The highest BCUT2D eigenvalue weighted by atomic mass is 32.2. The Morgan fingerprint density at radius 2 is 1.78 bits per heavy atom. The van der Waals surface area contributed by atoms with Gasteiger partial charge in [0.1, 0.15) is 11.4 Å². The van der Waals surface area contributed by atoms with Crippen molar-refractivity contribution in [3.8, 4) is 0 Å². The van der Waals surface area contributed by atoms with Crippen LogP contribution in [-0.4, -0.2) is 28.6 Å². The van der Waals surface area contributed by atoms with Gasteiger partial charge < -0.3 is 0 Å². The number of imide groups is 1. The average Bonchev–Trinajstić information content (AvgIpc) is 3.15. The first kappa shape index (κ1) is 17.9. The van der Waals surface area contributed by atoms with Gasteiger partial charge in [-0.25, -0.2) is 9.69 Å². The molecule has 27 heavy (non-hydrogen) atoms. The maximum atomic E-state index is 13.0. The number of fused-ring (bicyclic) bond motifs is 1. The third-order valence-corrected chi connectivity index (χ3v) is 6.02. The minimum atomic E-state index is -4.41. The van der Waals surface area contributed by atoms with Crippen LogP contribution in [0.25, 0.3) is 0 Å². The fraction of sp³-hybridized carbons (Fsp3) is 0.263. The quantitative estimate of drug-likeness (QED) is 0.702. The first-order valence-electron chi connectivity index (χ1n) is 8.29. The van der Waals surface area contributed by atoms with Crippen molar-refractivity contribution in [1.82, 2.24) is 4.90 Å². The standard InChI is InChI=1S/C19H15F3N2O2S/c1-11-3-2-4-14(9-11)23-16(25)15-10-27-17(24(15)18(23)26)12-5-7-13(8-6-12)19(20,21)22/h2-9,15,17H,10H2,1H3. The highest BCUT2D eigenvalue weighted by Crippen LogP contribution is 2.46. The second-order valence-electron chi connectivity index (χ2n) is 6.52. The van der Waals surface area contributed by atoms with Gasteiger partial charge in [0, 0.05) is 5.75 Å². The number of carbonyl (C=O) groups excluding carboxylic acids is 2. The zero-order valence-electron chi connectivity index (χ0n) is 14.2. The van der Waals surface area contributed by atoms with Crippen molar-refractivity contribution in [2.45, 2.75) is 24.5 Å². The monoisotopic (exact) mass is 392 g/mol. The Morgan fingerprint density at radius 1 is 1.07 bits per heavy atom. The van der Waals surface area contributed by atoms with Crippen LogP contribution in [0.4, 0.5) is 23.7 Å². The van der Waals surface area contributed by atoms with Gasteiger partial charge in [-0.05, 0) is 42.3 Å². The molecule has 2 aromatic rings. The Hall–Kier alpha value is -2.48. The van der Waals surface area contributed by atoms with Crippen LogP contribution in [0.5, 0.6) is 0 Å². The predicted octanol–water partition coefficient (Wildman–Crippen LogP) is 4.60. The van der Waals surface area contributed by atoms with Crippen molar-refractivity contribution in [1.29, 1.82) is 0 Å². The summed E-state index contributed by atoms with van der Waals surface area (Å²) in [7, 11) is 0. The summed E-state index contributed by atoms with van der Waals surface area (Å²) in [4.78, 5) is 28.4. The highest BCUT2D eigenvalue weighted by molar-refractivity contribution is 7.99. The van der Waals surface area contributed by atoms with E-state index in [2.05, 4.69) is 0 Å². The van der Waals surface area contributed by atoms with Crippen LogP contribution >= 0.6 is 11.8 Å². The molecule has 0 N–H and O–H groups in total. The molecule has 2 heterocycles. The van der Waals surface area contributed by atoms with Crippen molar-refractivity contribution < 1.29 is 22.8 Å². The number of rotatable bonds is 2. The Bertz CT molecular complexity index is 914. The van der Waals surface area contributed by atoms with E-state index in [4.69, 9.17) is 0 Å². The van der Waals surface area contributed by atoms with E-state index in [9.17, 15) is 22.8 Å². The molecule has 0 aliphatic carbocycles. The zero-order valence-corrected chi connectivity index (χ0v) is 15.1. The molecular formula is C19H15F3N2O2S. The molecule has 8 heteroatoms. The molecule has 3 amide bonds. The van der Waals surface area contributed by atoms with Gasteiger partial charge in [-0.3, -0.25) is 9.69 Å². The summed E-state index contributed by atoms with van der Waals surface area (Å²) in [5.41, 5.74) is 1.27. The third kappa shape index (κ3) is 2.97. The average molecular weight is 392 g/mol. The molecule has 0 aromatic heterocycles. The molecule has 2 aromatic carbocycles. The second-order valence-corrected chi connectivity index (χ2v) is 7.64. The van der Waals surface area contributed by atoms with Gasteiger partial charge in [-0.1, -0.05) is 24.3 Å². The molecule has 0 spiro atoms. The number of aryl methyl sites for hydroxylation is 1. The summed E-state index contributed by atoms with van der Waals surface area (Å²) >= 11 is 1.39. The van der Waals surface area contributed by atoms with E-state index >= 15 is 0 Å². The maximum absolute atomic E-state index is 13.0. The number of hydrogen-bond acceptors (Lipinski definition) is 3. The predicted molar refractivity (Wildman–Crippen MR) is 96.3 cm³/mol. The lowest BCUT2D eigenvalue weighted by molar-refractivity contribution is -0.137. The molecule has 0 radical (unpaired) electrons. The number of urea groups is 1. The molecule has 2 atom stereocenters. The summed E-state index contributed by atoms with van der Waals surface area (Å²) in [5, 5.41) is -0.483. The van der Waals surface area contributed by atoms with Crippen LogP contribution < -0.4 is 4.90 Å². The van der Waals surface area contributed by atoms with Crippen LogP contribution in [0.1, 0.15) is 22.1 Å². The molecule has 2 aliphatic heterocycles. The molecule has 140 valence electrons. The highest BCUT2D eigenvalue weighted by Gasteiger charge is 2.53. The van der Waals surface area contributed by atoms with Gasteiger partial charge in [-0.2, -0.15) is 13.2 Å². The Labute approximate surface area is 157 Å². The van der Waals surface area contributed by atoms with E-state index < -0.39 is 29.2 Å². The van der Waals surface area contributed by atoms with E-state index in [1.54, 1.807) is 18.2 Å². The van der Waals surface area contributed by atoms with Gasteiger partial charge in [0.05, 0.1) is 11.3 Å². The van der Waals surface area contributed by atoms with Gasteiger partial charge in [0.2, 0.25) is 0 Å². The minimum absolute atomic E-state index is 0.299. The molecule has 2 unspecified atom stereocenters. The minimum Gasteiger partial charge on any atom is -0.295 e. The first-order valence-corrected chi connectivity index (χ1v) is 9.34. The lowest BCUT2D eigenvalue weighted by Gasteiger charge is -2.23. The van der Waals surface area contributed by atoms with Crippen LogP contribution in [0.15, 0.2) is 48.5 Å². The number of anilines is 1. The van der Waals surface area contributed by atoms with Crippen LogP contribution in [0.2, 0.25) is 0 Å². The smallest absolute Gasteiger partial charge is 0.295 e. The van der Waals surface area contributed by atoms with Gasteiger partial charge in [0.25, 0.3) is 5.91 Å². The molecular weight excluding hydrogens is 377 g/mol. The number of hydrogen-bond donors (Lipinski definition) is 0. The fourth-order valence-electron chi connectivity index (χ4n) is 3.39. The third-order valence-electron chi connectivity index (χ3n) is 4.70. The Kier molecular flexibility index (Phi) is 4.18. The molecule has 4 nitrogen and oxygen atoms in total. The zero-order chi connectivity index (χ0) is 19.3. The largest absolute Gasteiger partial charge is 0.416 e. The van der Waals surface area contributed by atoms with E-state index in [1.165, 1.54) is 28.8 Å². The van der Waals surface area contributed by atoms with Gasteiger partial charge in [-0.15, -0.1) is 11.8 Å². The summed E-state index contributed by atoms with van der Waals surface area (Å²) in [6, 6.07) is 10.8. The summed E-state index contributed by atoms with van der Waals surface area (Å²) in [6.45, 7) is 1.87. The number of carbonyl (C=O) groups is 2. The van der Waals surface area contributed by atoms with Crippen molar-refractivity contribution in [2.24, 2.45) is 0 Å². The molecule has 0 bridgehead atoms. The second kappa shape index (κ2) is 6.30. The lowest BCUT2D eigenvalue weighted by Crippen LogP contribution is -2.33. The number of benzene rings is 2. The summed E-state index contributed by atoms with van der Waals surface area (Å²) in [6.07, 6.45) is -4.41. The van der Waals surface area contributed by atoms with Gasteiger partial charge in [0.15, 0.2) is 0 Å². The lowest BCUT2D eigenvalue weighted by atomic mass is 10.1. The Balaban J connectivity index is 1.64. The summed E-state index contributed by atoms with van der Waals surface area (Å²) < 4.78 is 38.3. The van der Waals surface area contributed by atoms with Crippen molar-refractivity contribution in [3.05, 3.63) is 65.2 Å². The van der Waals surface area contributed by atoms with E-state index in [1.807, 2.05) is 13.0 Å². The fourth-order valence-corrected chi connectivity index (χ4v) is 4.80. The Morgan fingerprint density at radius 3 is 2.41 bits per heavy atom. The van der Waals surface area contributed by atoms with Crippen LogP contribution in [0, 0.1) is 6.92 Å². The van der Waals surface area contributed by atoms with Crippen molar-refractivity contribution in [3.63, 3.8) is 0 Å². The number of halogens is 3. The molecule has 2 saturated heterocycles. The van der Waals surface area contributed by atoms with Crippen molar-refractivity contribution >= 4 is 29.4 Å². The molecule has 2 aliphatic rings. The van der Waals surface area contributed by atoms with Crippen molar-refractivity contribution in [2.75, 3.05) is 10.7 Å². The molecule has 0 saturated carbocycles. The number of amides is 3.